The number of thiophene rings is 1. The van der Waals surface area contributed by atoms with Crippen LogP contribution in [0.5, 0.6) is 0 Å². The Morgan fingerprint density at radius 3 is 2.65 bits per heavy atom. The van der Waals surface area contributed by atoms with Crippen LogP contribution in [0.2, 0.25) is 0 Å². The second-order valence-corrected chi connectivity index (χ2v) is 9.61. The van der Waals surface area contributed by atoms with Crippen LogP contribution in [0.4, 0.5) is 0 Å². The van der Waals surface area contributed by atoms with Crippen molar-refractivity contribution in [3.8, 4) is 0 Å². The maximum absolute atomic E-state index is 11.1. The molecule has 1 aliphatic rings. The molecule has 1 fully saturated rings. The summed E-state index contributed by atoms with van der Waals surface area (Å²) in [4.78, 5) is 8.15. The Hall–Kier alpha value is -1.16. The summed E-state index contributed by atoms with van der Waals surface area (Å²) >= 11 is 1.79. The van der Waals surface area contributed by atoms with E-state index in [-0.39, 0.29) is 0 Å². The van der Waals surface area contributed by atoms with Crippen LogP contribution in [0, 0.1) is 5.92 Å². The zero-order valence-corrected chi connectivity index (χ0v) is 17.5. The predicted octanol–water partition coefficient (Wildman–Crippen LogP) is 1.24. The lowest BCUT2D eigenvalue weighted by Gasteiger charge is -2.36. The number of piperidine rings is 1. The summed E-state index contributed by atoms with van der Waals surface area (Å²) in [5.41, 5.74) is 0. The van der Waals surface area contributed by atoms with Crippen molar-refractivity contribution in [1.29, 1.82) is 0 Å². The Bertz CT molecular complexity index is 653. The van der Waals surface area contributed by atoms with E-state index >= 15 is 0 Å². The van der Waals surface area contributed by atoms with E-state index in [1.165, 1.54) is 17.7 Å². The molecule has 0 amide bonds. The highest BCUT2D eigenvalue weighted by Gasteiger charge is 2.25. The van der Waals surface area contributed by atoms with Crippen molar-refractivity contribution in [2.45, 2.75) is 25.8 Å². The van der Waals surface area contributed by atoms with Crippen molar-refractivity contribution in [3.05, 3.63) is 22.4 Å². The summed E-state index contributed by atoms with van der Waals surface area (Å²) in [5.74, 6) is 1.49. The normalized spacial score (nSPS) is 18.7. The quantitative estimate of drug-likeness (QED) is 0.347. The number of nitrogens with one attached hydrogen (secondary N) is 3. The second kappa shape index (κ2) is 10.2. The van der Waals surface area contributed by atoms with Gasteiger partial charge in [0, 0.05) is 31.6 Å². The van der Waals surface area contributed by atoms with Gasteiger partial charge in [0.15, 0.2) is 5.96 Å². The van der Waals surface area contributed by atoms with Crippen LogP contribution in [-0.2, 0) is 10.0 Å². The molecule has 9 heteroatoms. The maximum atomic E-state index is 11.1. The van der Waals surface area contributed by atoms with E-state index in [0.29, 0.717) is 25.1 Å². The number of nitrogens with zero attached hydrogens (tertiary/aromatic N) is 2. The number of aliphatic imine (C=N–C) groups is 1. The lowest BCUT2D eigenvalue weighted by atomic mass is 9.97. The van der Waals surface area contributed by atoms with Gasteiger partial charge >= 0.3 is 0 Å². The van der Waals surface area contributed by atoms with E-state index in [2.05, 4.69) is 49.7 Å². The van der Waals surface area contributed by atoms with Gasteiger partial charge in [0.2, 0.25) is 10.0 Å². The Kier molecular flexibility index (Phi) is 8.33. The summed E-state index contributed by atoms with van der Waals surface area (Å²) in [6.45, 7) is 6.15. The van der Waals surface area contributed by atoms with Crippen molar-refractivity contribution in [2.75, 3.05) is 46.0 Å². The Balaban J connectivity index is 1.87. The summed E-state index contributed by atoms with van der Waals surface area (Å²) in [5, 5.41) is 8.66. The van der Waals surface area contributed by atoms with Gasteiger partial charge < -0.3 is 10.6 Å². The average molecular weight is 402 g/mol. The fraction of sp³-hybridized carbons (Fsp3) is 0.706. The first-order valence-corrected chi connectivity index (χ1v) is 11.8. The summed E-state index contributed by atoms with van der Waals surface area (Å²) in [7, 11) is -1.43. The molecule has 26 heavy (non-hydrogen) atoms. The molecule has 0 saturated carbocycles. The highest BCUT2D eigenvalue weighted by atomic mass is 32.2. The third kappa shape index (κ3) is 7.22. The van der Waals surface area contributed by atoms with Crippen LogP contribution < -0.4 is 15.4 Å². The van der Waals surface area contributed by atoms with Gasteiger partial charge in [0.05, 0.1) is 12.3 Å². The van der Waals surface area contributed by atoms with E-state index in [1.807, 2.05) is 0 Å². The molecule has 1 aliphatic heterocycles. The Morgan fingerprint density at radius 1 is 1.35 bits per heavy atom. The number of hydrogen-bond acceptors (Lipinski definition) is 5. The first-order valence-electron chi connectivity index (χ1n) is 9.05. The molecule has 1 aromatic rings. The number of guanidine groups is 1. The molecular formula is C17H31N5O2S2. The maximum Gasteiger partial charge on any atom is 0.208 e. The molecule has 1 unspecified atom stereocenters. The molecule has 0 bridgehead atoms. The average Bonchev–Trinajstić information content (AvgIpc) is 3.12. The number of likely N-dealkylation sites (tertiary alicyclic amines) is 1. The van der Waals surface area contributed by atoms with Crippen LogP contribution in [0.25, 0.3) is 0 Å². The van der Waals surface area contributed by atoms with Gasteiger partial charge in [-0.1, -0.05) is 13.0 Å². The highest BCUT2D eigenvalue weighted by Crippen LogP contribution is 2.28. The van der Waals surface area contributed by atoms with Crippen LogP contribution in [0.3, 0.4) is 0 Å². The third-order valence-corrected chi connectivity index (χ3v) is 6.30. The molecule has 2 rings (SSSR count). The molecule has 3 N–H and O–H groups in total. The molecule has 0 aromatic carbocycles. The molecule has 148 valence electrons. The van der Waals surface area contributed by atoms with E-state index in [9.17, 15) is 8.42 Å². The van der Waals surface area contributed by atoms with Crippen molar-refractivity contribution < 1.29 is 8.42 Å². The predicted molar refractivity (Wildman–Crippen MR) is 109 cm³/mol. The molecule has 2 heterocycles. The lowest BCUT2D eigenvalue weighted by Crippen LogP contribution is -2.46. The first kappa shape index (κ1) is 21.1. The van der Waals surface area contributed by atoms with E-state index < -0.39 is 10.0 Å². The lowest BCUT2D eigenvalue weighted by molar-refractivity contribution is 0.140. The van der Waals surface area contributed by atoms with Crippen LogP contribution in [-0.4, -0.2) is 65.3 Å². The zero-order chi connectivity index (χ0) is 19.0. The summed E-state index contributed by atoms with van der Waals surface area (Å²) in [6, 6.07) is 4.63. The molecule has 1 aromatic heterocycles. The van der Waals surface area contributed by atoms with Crippen molar-refractivity contribution in [1.82, 2.24) is 20.3 Å². The SMILES string of the molecule is CN=C(NCCNS(C)(=O)=O)NCC(c1cccs1)N1CCC(C)CC1. The third-order valence-electron chi connectivity index (χ3n) is 4.60. The van der Waals surface area contributed by atoms with E-state index in [1.54, 1.807) is 18.4 Å². The summed E-state index contributed by atoms with van der Waals surface area (Å²) < 4.78 is 24.7. The van der Waals surface area contributed by atoms with E-state index in [4.69, 9.17) is 0 Å². The number of sulfonamides is 1. The topological polar surface area (TPSA) is 85.8 Å². The molecule has 7 nitrogen and oxygen atoms in total. The molecule has 0 spiro atoms. The molecular weight excluding hydrogens is 370 g/mol. The van der Waals surface area contributed by atoms with Gasteiger partial charge in [0.25, 0.3) is 0 Å². The smallest absolute Gasteiger partial charge is 0.208 e. The van der Waals surface area contributed by atoms with Crippen LogP contribution >= 0.6 is 11.3 Å². The molecule has 0 radical (unpaired) electrons. The van der Waals surface area contributed by atoms with Gasteiger partial charge in [-0.2, -0.15) is 0 Å². The minimum absolute atomic E-state index is 0.329. The van der Waals surface area contributed by atoms with Gasteiger partial charge in [-0.05, 0) is 43.3 Å². The van der Waals surface area contributed by atoms with Gasteiger partial charge in [0.1, 0.15) is 0 Å². The van der Waals surface area contributed by atoms with Gasteiger partial charge in [-0.15, -0.1) is 11.3 Å². The number of hydrogen-bond donors (Lipinski definition) is 3. The van der Waals surface area contributed by atoms with Crippen LogP contribution in [0.1, 0.15) is 30.7 Å². The first-order chi connectivity index (χ1) is 12.4. The van der Waals surface area contributed by atoms with Crippen molar-refractivity contribution >= 4 is 27.3 Å². The fourth-order valence-electron chi connectivity index (χ4n) is 3.06. The van der Waals surface area contributed by atoms with E-state index in [0.717, 1.165) is 31.8 Å². The van der Waals surface area contributed by atoms with Gasteiger partial charge in [-0.25, -0.2) is 13.1 Å². The minimum Gasteiger partial charge on any atom is -0.355 e. The standard InChI is InChI=1S/C17H31N5O2S2/c1-14-6-10-22(11-7-14)15(16-5-4-12-25-16)13-20-17(18-2)19-8-9-21-26(3,23)24/h4-5,12,14-15,21H,6-11,13H2,1-3H3,(H2,18,19,20). The van der Waals surface area contributed by atoms with Gasteiger partial charge in [-0.3, -0.25) is 9.89 Å². The highest BCUT2D eigenvalue weighted by molar-refractivity contribution is 7.88. The molecule has 0 aliphatic carbocycles. The monoisotopic (exact) mass is 401 g/mol. The summed E-state index contributed by atoms with van der Waals surface area (Å²) in [6.07, 6.45) is 3.64. The molecule has 1 atom stereocenters. The second-order valence-electron chi connectivity index (χ2n) is 6.80. The van der Waals surface area contributed by atoms with Crippen LogP contribution in [0.15, 0.2) is 22.5 Å². The number of rotatable bonds is 8. The Morgan fingerprint density at radius 2 is 2.08 bits per heavy atom. The minimum atomic E-state index is -3.16. The molecule has 1 saturated heterocycles. The zero-order valence-electron chi connectivity index (χ0n) is 15.9. The van der Waals surface area contributed by atoms with Crippen molar-refractivity contribution in [2.24, 2.45) is 10.9 Å². The Labute approximate surface area is 161 Å². The van der Waals surface area contributed by atoms with Crippen molar-refractivity contribution in [3.63, 3.8) is 0 Å². The largest absolute Gasteiger partial charge is 0.355 e. The fourth-order valence-corrected chi connectivity index (χ4v) is 4.40.